The molecule has 1 atom stereocenters. The molecule has 1 aromatic rings. The summed E-state index contributed by atoms with van der Waals surface area (Å²) in [5, 5.41) is 17.0. The first-order valence-electron chi connectivity index (χ1n) is 8.20. The number of nitriles is 1. The zero-order valence-corrected chi connectivity index (χ0v) is 15.0. The van der Waals surface area contributed by atoms with Crippen LogP contribution < -0.4 is 10.6 Å². The van der Waals surface area contributed by atoms with E-state index in [1.54, 1.807) is 23.2 Å². The van der Waals surface area contributed by atoms with E-state index >= 15 is 0 Å². The Bertz CT molecular complexity index is 607. The van der Waals surface area contributed by atoms with E-state index in [0.717, 1.165) is 17.7 Å². The van der Waals surface area contributed by atoms with E-state index in [1.165, 1.54) is 0 Å². The molecule has 24 heavy (non-hydrogen) atoms. The highest BCUT2D eigenvalue weighted by Crippen LogP contribution is 2.39. The third-order valence-corrected chi connectivity index (χ3v) is 5.12. The van der Waals surface area contributed by atoms with Gasteiger partial charge in [0.25, 0.3) is 0 Å². The molecule has 0 spiro atoms. The molecule has 1 saturated carbocycles. The minimum absolute atomic E-state index is 0.108. The number of thiophene rings is 1. The van der Waals surface area contributed by atoms with Crippen LogP contribution in [0.4, 0.5) is 0 Å². The fourth-order valence-corrected chi connectivity index (χ4v) is 3.20. The summed E-state index contributed by atoms with van der Waals surface area (Å²) < 4.78 is 0. The molecular formula is C17H24N4O2S. The van der Waals surface area contributed by atoms with Crippen LogP contribution in [0.15, 0.2) is 17.5 Å². The average Bonchev–Trinajstić information content (AvgIpc) is 3.29. The van der Waals surface area contributed by atoms with E-state index in [2.05, 4.69) is 16.7 Å². The van der Waals surface area contributed by atoms with Crippen LogP contribution in [0.1, 0.15) is 31.6 Å². The molecule has 0 bridgehead atoms. The van der Waals surface area contributed by atoms with Gasteiger partial charge in [0.1, 0.15) is 5.54 Å². The van der Waals surface area contributed by atoms with Crippen molar-refractivity contribution in [2.24, 2.45) is 5.92 Å². The van der Waals surface area contributed by atoms with Crippen molar-refractivity contribution in [3.8, 4) is 6.07 Å². The summed E-state index contributed by atoms with van der Waals surface area (Å²) in [5.41, 5.74) is -0.794. The van der Waals surface area contributed by atoms with E-state index < -0.39 is 5.54 Å². The standard InChI is InChI=1S/C17H24N4O2S/c1-3-21(10-15(22)19-9-14-5-4-8-24-14)11-16(23)20-17(2,12-18)13-6-7-13/h4-5,8,13H,3,6-7,9-11H2,1-2H3,(H,19,22)(H,20,23)/t17-/m1/s1. The summed E-state index contributed by atoms with van der Waals surface area (Å²) in [6.45, 7) is 5.06. The summed E-state index contributed by atoms with van der Waals surface area (Å²) >= 11 is 1.59. The number of carbonyl (C=O) groups is 2. The molecule has 0 radical (unpaired) electrons. The molecule has 1 aliphatic carbocycles. The lowest BCUT2D eigenvalue weighted by Gasteiger charge is -2.25. The number of nitrogens with one attached hydrogen (secondary N) is 2. The Labute approximate surface area is 146 Å². The van der Waals surface area contributed by atoms with Crippen LogP contribution in [-0.2, 0) is 16.1 Å². The first-order valence-corrected chi connectivity index (χ1v) is 9.08. The van der Waals surface area contributed by atoms with E-state index in [0.29, 0.717) is 13.1 Å². The van der Waals surface area contributed by atoms with Crippen molar-refractivity contribution in [2.75, 3.05) is 19.6 Å². The molecule has 1 aliphatic rings. The predicted molar refractivity (Wildman–Crippen MR) is 93.2 cm³/mol. The molecular weight excluding hydrogens is 324 g/mol. The highest BCUT2D eigenvalue weighted by Gasteiger charge is 2.43. The van der Waals surface area contributed by atoms with Gasteiger partial charge in [-0.3, -0.25) is 14.5 Å². The molecule has 0 unspecified atom stereocenters. The number of nitrogens with zero attached hydrogens (tertiary/aromatic N) is 2. The second-order valence-corrected chi connectivity index (χ2v) is 7.33. The Morgan fingerprint density at radius 3 is 2.67 bits per heavy atom. The fraction of sp³-hybridized carbons (Fsp3) is 0.588. The van der Waals surface area contributed by atoms with Crippen LogP contribution in [-0.4, -0.2) is 41.9 Å². The fourth-order valence-electron chi connectivity index (χ4n) is 2.55. The van der Waals surface area contributed by atoms with Crippen molar-refractivity contribution in [1.82, 2.24) is 15.5 Å². The van der Waals surface area contributed by atoms with Crippen LogP contribution in [0.5, 0.6) is 0 Å². The normalized spacial score (nSPS) is 16.2. The van der Waals surface area contributed by atoms with Crippen LogP contribution in [0.25, 0.3) is 0 Å². The lowest BCUT2D eigenvalue weighted by atomic mass is 9.98. The highest BCUT2D eigenvalue weighted by molar-refractivity contribution is 7.09. The maximum absolute atomic E-state index is 12.2. The number of carbonyl (C=O) groups excluding carboxylic acids is 2. The molecule has 2 N–H and O–H groups in total. The van der Waals surface area contributed by atoms with Gasteiger partial charge in [-0.1, -0.05) is 13.0 Å². The smallest absolute Gasteiger partial charge is 0.235 e. The third kappa shape index (κ3) is 5.32. The van der Waals surface area contributed by atoms with Crippen molar-refractivity contribution in [3.63, 3.8) is 0 Å². The predicted octanol–water partition coefficient (Wildman–Crippen LogP) is 1.49. The minimum Gasteiger partial charge on any atom is -0.350 e. The summed E-state index contributed by atoms with van der Waals surface area (Å²) in [6.07, 6.45) is 1.96. The summed E-state index contributed by atoms with van der Waals surface area (Å²) in [4.78, 5) is 27.1. The quantitative estimate of drug-likeness (QED) is 0.708. The molecule has 2 rings (SSSR count). The maximum atomic E-state index is 12.2. The highest BCUT2D eigenvalue weighted by atomic mass is 32.1. The lowest BCUT2D eigenvalue weighted by Crippen LogP contribution is -2.51. The van der Waals surface area contributed by atoms with Gasteiger partial charge in [-0.15, -0.1) is 11.3 Å². The molecule has 7 heteroatoms. The van der Waals surface area contributed by atoms with Crippen molar-refractivity contribution in [2.45, 2.75) is 38.8 Å². The van der Waals surface area contributed by atoms with E-state index in [1.807, 2.05) is 24.4 Å². The molecule has 0 aliphatic heterocycles. The first kappa shape index (κ1) is 18.4. The average molecular weight is 348 g/mol. The Morgan fingerprint density at radius 1 is 1.42 bits per heavy atom. The van der Waals surface area contributed by atoms with Gasteiger partial charge in [-0.25, -0.2) is 0 Å². The van der Waals surface area contributed by atoms with Crippen molar-refractivity contribution in [1.29, 1.82) is 5.26 Å². The van der Waals surface area contributed by atoms with E-state index in [9.17, 15) is 14.9 Å². The minimum atomic E-state index is -0.794. The molecule has 6 nitrogen and oxygen atoms in total. The molecule has 2 amide bonds. The monoisotopic (exact) mass is 348 g/mol. The zero-order valence-electron chi connectivity index (χ0n) is 14.2. The molecule has 0 aromatic carbocycles. The topological polar surface area (TPSA) is 85.2 Å². The number of amides is 2. The molecule has 0 saturated heterocycles. The Balaban J connectivity index is 1.77. The molecule has 1 heterocycles. The van der Waals surface area contributed by atoms with E-state index in [4.69, 9.17) is 0 Å². The van der Waals surface area contributed by atoms with Gasteiger partial charge >= 0.3 is 0 Å². The zero-order chi connectivity index (χ0) is 17.6. The Hall–Kier alpha value is -1.91. The van der Waals surface area contributed by atoms with Crippen molar-refractivity contribution < 1.29 is 9.59 Å². The van der Waals surface area contributed by atoms with Gasteiger partial charge in [0.05, 0.1) is 25.7 Å². The molecule has 1 fully saturated rings. The lowest BCUT2D eigenvalue weighted by molar-refractivity contribution is -0.125. The van der Waals surface area contributed by atoms with Crippen molar-refractivity contribution in [3.05, 3.63) is 22.4 Å². The van der Waals surface area contributed by atoms with Gasteiger partial charge in [-0.2, -0.15) is 5.26 Å². The second kappa shape index (κ2) is 8.27. The SMILES string of the molecule is CCN(CC(=O)NCc1cccs1)CC(=O)N[C@](C)(C#N)C1CC1. The number of hydrogen-bond acceptors (Lipinski definition) is 5. The van der Waals surface area contributed by atoms with Gasteiger partial charge in [-0.05, 0) is 43.7 Å². The number of hydrogen-bond donors (Lipinski definition) is 2. The van der Waals surface area contributed by atoms with Crippen LogP contribution in [0.2, 0.25) is 0 Å². The van der Waals surface area contributed by atoms with E-state index in [-0.39, 0.29) is 30.8 Å². The van der Waals surface area contributed by atoms with Crippen LogP contribution >= 0.6 is 11.3 Å². The van der Waals surface area contributed by atoms with Gasteiger partial charge < -0.3 is 10.6 Å². The van der Waals surface area contributed by atoms with Gasteiger partial charge in [0.15, 0.2) is 0 Å². The maximum Gasteiger partial charge on any atom is 0.235 e. The molecule has 130 valence electrons. The molecule has 1 aromatic heterocycles. The van der Waals surface area contributed by atoms with Gasteiger partial charge in [0.2, 0.25) is 11.8 Å². The van der Waals surface area contributed by atoms with Crippen LogP contribution in [0.3, 0.4) is 0 Å². The largest absolute Gasteiger partial charge is 0.350 e. The first-order chi connectivity index (χ1) is 11.5. The Morgan fingerprint density at radius 2 is 2.12 bits per heavy atom. The van der Waals surface area contributed by atoms with Gasteiger partial charge in [0, 0.05) is 4.88 Å². The second-order valence-electron chi connectivity index (χ2n) is 6.30. The Kier molecular flexibility index (Phi) is 6.35. The summed E-state index contributed by atoms with van der Waals surface area (Å²) in [5.74, 6) is -0.0715. The van der Waals surface area contributed by atoms with Crippen molar-refractivity contribution >= 4 is 23.2 Å². The number of likely N-dealkylation sites (N-methyl/N-ethyl adjacent to an activating group) is 1. The number of rotatable bonds is 9. The summed E-state index contributed by atoms with van der Waals surface area (Å²) in [6, 6.07) is 6.12. The summed E-state index contributed by atoms with van der Waals surface area (Å²) in [7, 11) is 0. The third-order valence-electron chi connectivity index (χ3n) is 4.25. The van der Waals surface area contributed by atoms with Crippen LogP contribution in [0, 0.1) is 17.2 Å².